The van der Waals surface area contributed by atoms with Gasteiger partial charge in [-0.25, -0.2) is 9.59 Å². The molecule has 0 bridgehead atoms. The molecule has 2 atom stereocenters. The predicted molar refractivity (Wildman–Crippen MR) is 125 cm³/mol. The summed E-state index contributed by atoms with van der Waals surface area (Å²) in [6, 6.07) is 16.9. The molecular weight excluding hydrogens is 452 g/mol. The van der Waals surface area contributed by atoms with Crippen LogP contribution in [0.5, 0.6) is 0 Å². The molecule has 3 aromatic rings. The third kappa shape index (κ3) is 4.35. The van der Waals surface area contributed by atoms with Crippen LogP contribution in [0.15, 0.2) is 54.6 Å². The van der Waals surface area contributed by atoms with Crippen molar-refractivity contribution in [3.8, 4) is 11.1 Å². The first kappa shape index (κ1) is 22.6. The number of ether oxygens (including phenoxy) is 2. The predicted octanol–water partition coefficient (Wildman–Crippen LogP) is 2.75. The Kier molecular flexibility index (Phi) is 5.96. The van der Waals surface area contributed by atoms with E-state index in [0.717, 1.165) is 22.3 Å². The van der Waals surface area contributed by atoms with E-state index < -0.39 is 30.1 Å². The number of carboxylic acid groups (broad SMARTS) is 1. The number of aromatic nitrogens is 2. The van der Waals surface area contributed by atoms with Gasteiger partial charge < -0.3 is 19.9 Å². The highest BCUT2D eigenvalue weighted by Gasteiger charge is 2.36. The van der Waals surface area contributed by atoms with Crippen LogP contribution in [0.2, 0.25) is 0 Å². The van der Waals surface area contributed by atoms with E-state index in [-0.39, 0.29) is 30.6 Å². The number of aliphatic carboxylic acids is 1. The molecule has 2 heterocycles. The molecule has 0 radical (unpaired) electrons. The van der Waals surface area contributed by atoms with Gasteiger partial charge in [0.25, 0.3) is 5.91 Å². The zero-order chi connectivity index (χ0) is 24.5. The van der Waals surface area contributed by atoms with Crippen molar-refractivity contribution in [2.75, 3.05) is 18.5 Å². The fourth-order valence-electron chi connectivity index (χ4n) is 4.70. The Hall–Kier alpha value is -4.18. The second-order valence-electron chi connectivity index (χ2n) is 8.49. The molecule has 1 aliphatic carbocycles. The minimum absolute atomic E-state index is 0.0750. The van der Waals surface area contributed by atoms with Gasteiger partial charge in [0, 0.05) is 25.6 Å². The second kappa shape index (κ2) is 9.22. The molecule has 180 valence electrons. The van der Waals surface area contributed by atoms with Crippen LogP contribution in [0.1, 0.15) is 34.0 Å². The van der Waals surface area contributed by atoms with Gasteiger partial charge in [0.2, 0.25) is 0 Å². The van der Waals surface area contributed by atoms with E-state index in [0.29, 0.717) is 6.42 Å². The fraction of sp³-hybridized carbons (Fsp3) is 0.280. The molecule has 2 aromatic carbocycles. The van der Waals surface area contributed by atoms with Crippen LogP contribution in [0.3, 0.4) is 0 Å². The molecule has 10 nitrogen and oxygen atoms in total. The molecule has 1 aromatic heterocycles. The van der Waals surface area contributed by atoms with Crippen molar-refractivity contribution in [3.63, 3.8) is 0 Å². The monoisotopic (exact) mass is 476 g/mol. The highest BCUT2D eigenvalue weighted by Crippen LogP contribution is 2.44. The molecule has 0 spiro atoms. The molecule has 35 heavy (non-hydrogen) atoms. The number of benzene rings is 2. The molecule has 10 heteroatoms. The van der Waals surface area contributed by atoms with Crippen LogP contribution in [-0.2, 0) is 21.3 Å². The summed E-state index contributed by atoms with van der Waals surface area (Å²) in [5.74, 6) is -1.57. The Morgan fingerprint density at radius 2 is 1.77 bits per heavy atom. The summed E-state index contributed by atoms with van der Waals surface area (Å²) < 4.78 is 12.0. The van der Waals surface area contributed by atoms with E-state index >= 15 is 0 Å². The maximum absolute atomic E-state index is 12.7. The first-order valence-corrected chi connectivity index (χ1v) is 11.2. The molecule has 2 amide bonds. The van der Waals surface area contributed by atoms with Gasteiger partial charge in [-0.1, -0.05) is 48.5 Å². The van der Waals surface area contributed by atoms with Gasteiger partial charge in [-0.05, 0) is 28.7 Å². The number of anilines is 1. The van der Waals surface area contributed by atoms with Crippen molar-refractivity contribution >= 4 is 23.8 Å². The normalized spacial score (nSPS) is 18.5. The van der Waals surface area contributed by atoms with E-state index in [1.54, 1.807) is 7.05 Å². The Bertz CT molecular complexity index is 1260. The van der Waals surface area contributed by atoms with E-state index in [4.69, 9.17) is 9.47 Å². The number of carbonyl (C=O) groups is 3. The maximum Gasteiger partial charge on any atom is 0.412 e. The second-order valence-corrected chi connectivity index (χ2v) is 8.49. The van der Waals surface area contributed by atoms with Gasteiger partial charge >= 0.3 is 12.1 Å². The molecule has 2 aliphatic rings. The van der Waals surface area contributed by atoms with Crippen LogP contribution < -0.4 is 10.6 Å². The molecule has 1 saturated heterocycles. The van der Waals surface area contributed by atoms with Crippen LogP contribution >= 0.6 is 0 Å². The lowest BCUT2D eigenvalue weighted by atomic mass is 9.98. The van der Waals surface area contributed by atoms with Crippen LogP contribution in [0.25, 0.3) is 11.1 Å². The Morgan fingerprint density at radius 3 is 2.43 bits per heavy atom. The quantitative estimate of drug-likeness (QED) is 0.498. The highest BCUT2D eigenvalue weighted by atomic mass is 16.5. The average molecular weight is 476 g/mol. The highest BCUT2D eigenvalue weighted by molar-refractivity contribution is 5.95. The van der Waals surface area contributed by atoms with Gasteiger partial charge in [0.15, 0.2) is 11.9 Å². The number of carboxylic acids is 1. The molecule has 3 N–H and O–H groups in total. The lowest BCUT2D eigenvalue weighted by Gasteiger charge is -2.16. The smallest absolute Gasteiger partial charge is 0.412 e. The first-order chi connectivity index (χ1) is 16.9. The SMILES string of the molecule is Cn1nc(NC(=O)OCC2c3ccccc3-c3ccccc32)cc1C(=O)N[C@@H]1CCO[C@@H]1C(=O)O. The number of nitrogens with zero attached hydrogens (tertiary/aromatic N) is 2. The zero-order valence-electron chi connectivity index (χ0n) is 18.9. The summed E-state index contributed by atoms with van der Waals surface area (Å²) in [6.45, 7) is 0.403. The number of hydrogen-bond acceptors (Lipinski definition) is 6. The topological polar surface area (TPSA) is 132 Å². The van der Waals surface area contributed by atoms with Crippen molar-refractivity contribution in [1.29, 1.82) is 0 Å². The van der Waals surface area contributed by atoms with Gasteiger partial charge in [0.1, 0.15) is 12.3 Å². The summed E-state index contributed by atoms with van der Waals surface area (Å²) >= 11 is 0. The maximum atomic E-state index is 12.7. The lowest BCUT2D eigenvalue weighted by Crippen LogP contribution is -2.44. The summed E-state index contributed by atoms with van der Waals surface area (Å²) in [4.78, 5) is 36.4. The van der Waals surface area contributed by atoms with Crippen LogP contribution in [-0.4, -0.2) is 58.2 Å². The number of fused-ring (bicyclic) bond motifs is 3. The van der Waals surface area contributed by atoms with E-state index in [9.17, 15) is 19.5 Å². The van der Waals surface area contributed by atoms with Crippen LogP contribution in [0.4, 0.5) is 10.6 Å². The summed E-state index contributed by atoms with van der Waals surface area (Å²) in [6.07, 6.45) is -1.39. The molecule has 5 rings (SSSR count). The lowest BCUT2D eigenvalue weighted by molar-refractivity contribution is -0.148. The largest absolute Gasteiger partial charge is 0.479 e. The molecular formula is C25H24N4O6. The number of hydrogen-bond donors (Lipinski definition) is 3. The number of carbonyl (C=O) groups excluding carboxylic acids is 2. The molecule has 0 saturated carbocycles. The molecule has 1 fully saturated rings. The van der Waals surface area contributed by atoms with Gasteiger partial charge in [-0.15, -0.1) is 0 Å². The number of rotatable bonds is 6. The minimum atomic E-state index is -1.13. The van der Waals surface area contributed by atoms with E-state index in [1.807, 2.05) is 36.4 Å². The summed E-state index contributed by atoms with van der Waals surface area (Å²) in [5.41, 5.74) is 4.64. The van der Waals surface area contributed by atoms with Crippen molar-refractivity contribution in [3.05, 3.63) is 71.4 Å². The number of aryl methyl sites for hydroxylation is 1. The Balaban J connectivity index is 1.22. The van der Waals surface area contributed by atoms with Crippen molar-refractivity contribution < 1.29 is 29.0 Å². The summed E-state index contributed by atoms with van der Waals surface area (Å²) in [7, 11) is 1.55. The fourth-order valence-corrected chi connectivity index (χ4v) is 4.70. The van der Waals surface area contributed by atoms with E-state index in [1.165, 1.54) is 10.7 Å². The molecule has 1 aliphatic heterocycles. The van der Waals surface area contributed by atoms with Crippen molar-refractivity contribution in [1.82, 2.24) is 15.1 Å². The third-order valence-corrected chi connectivity index (χ3v) is 6.34. The standard InChI is InChI=1S/C25H24N4O6/c1-29-20(23(30)26-19-10-11-34-22(19)24(31)32)12-21(28-29)27-25(33)35-13-18-16-8-4-2-6-14(16)15-7-3-5-9-17(15)18/h2-9,12,18-19,22H,10-11,13H2,1H3,(H,26,30)(H,31,32)(H,27,28,33)/t19-,22+/m1/s1. The Morgan fingerprint density at radius 1 is 1.11 bits per heavy atom. The number of amides is 2. The Labute approximate surface area is 200 Å². The van der Waals surface area contributed by atoms with Crippen molar-refractivity contribution in [2.45, 2.75) is 24.5 Å². The minimum Gasteiger partial charge on any atom is -0.479 e. The summed E-state index contributed by atoms with van der Waals surface area (Å²) in [5, 5.41) is 18.6. The first-order valence-electron chi connectivity index (χ1n) is 11.2. The average Bonchev–Trinajstić information content (AvgIpc) is 3.53. The van der Waals surface area contributed by atoms with Crippen LogP contribution in [0, 0.1) is 0 Å². The molecule has 0 unspecified atom stereocenters. The van der Waals surface area contributed by atoms with E-state index in [2.05, 4.69) is 27.9 Å². The van der Waals surface area contributed by atoms with Gasteiger partial charge in [0.05, 0.1) is 6.04 Å². The number of nitrogens with one attached hydrogen (secondary N) is 2. The van der Waals surface area contributed by atoms with Crippen molar-refractivity contribution in [2.24, 2.45) is 7.05 Å². The third-order valence-electron chi connectivity index (χ3n) is 6.34. The van der Waals surface area contributed by atoms with Gasteiger partial charge in [-0.2, -0.15) is 5.10 Å². The zero-order valence-corrected chi connectivity index (χ0v) is 18.9. The van der Waals surface area contributed by atoms with Gasteiger partial charge in [-0.3, -0.25) is 14.8 Å².